The first-order valence-electron chi connectivity index (χ1n) is 9.34. The van der Waals surface area contributed by atoms with Crippen LogP contribution in [0.25, 0.3) is 0 Å². The Morgan fingerprint density at radius 3 is 2.38 bits per heavy atom. The summed E-state index contributed by atoms with van der Waals surface area (Å²) in [5.41, 5.74) is 2.37. The molecular weight excluding hydrogens is 384 g/mol. The molecule has 1 aliphatic heterocycles. The van der Waals surface area contributed by atoms with Crippen molar-refractivity contribution in [1.29, 1.82) is 0 Å². The van der Waals surface area contributed by atoms with Crippen LogP contribution in [0, 0.1) is 0 Å². The molecule has 1 heterocycles. The first-order chi connectivity index (χ1) is 14.1. The van der Waals surface area contributed by atoms with Crippen molar-refractivity contribution in [2.45, 2.75) is 17.6 Å². The van der Waals surface area contributed by atoms with Crippen molar-refractivity contribution >= 4 is 15.7 Å². The van der Waals surface area contributed by atoms with E-state index in [9.17, 15) is 8.42 Å². The van der Waals surface area contributed by atoms with Crippen molar-refractivity contribution in [3.63, 3.8) is 0 Å². The average molecular weight is 407 g/mol. The Morgan fingerprint density at radius 1 is 0.966 bits per heavy atom. The van der Waals surface area contributed by atoms with Crippen LogP contribution >= 0.6 is 0 Å². The van der Waals surface area contributed by atoms with Gasteiger partial charge in [-0.3, -0.25) is 0 Å². The lowest BCUT2D eigenvalue weighted by Crippen LogP contribution is -2.42. The molecule has 1 unspecified atom stereocenters. The van der Waals surface area contributed by atoms with E-state index in [1.807, 2.05) is 60.7 Å². The molecule has 0 saturated heterocycles. The van der Waals surface area contributed by atoms with Gasteiger partial charge in [0.25, 0.3) is 0 Å². The Bertz CT molecular complexity index is 1100. The maximum Gasteiger partial charge on any atom is 0.247 e. The van der Waals surface area contributed by atoms with Crippen molar-refractivity contribution in [3.05, 3.63) is 103 Å². The van der Waals surface area contributed by atoms with E-state index < -0.39 is 16.2 Å². The lowest BCUT2D eigenvalue weighted by Gasteiger charge is -2.37. The smallest absolute Gasteiger partial charge is 0.247 e. The standard InChI is InChI=1S/C23H22N2O3S/c1-2-16-28-20-14-12-19(13-15-20)23-24-21-10-6-7-11-22(21)29(26,27)25(23)17-18-8-4-3-5-9-18/h2-15,23-24H,1,16-17H2. The van der Waals surface area contributed by atoms with Gasteiger partial charge in [0.1, 0.15) is 23.4 Å². The fourth-order valence-electron chi connectivity index (χ4n) is 3.39. The molecule has 0 aliphatic carbocycles. The van der Waals surface area contributed by atoms with Crippen LogP contribution in [0.2, 0.25) is 0 Å². The molecule has 0 amide bonds. The highest BCUT2D eigenvalue weighted by molar-refractivity contribution is 7.89. The number of rotatable bonds is 6. The third-order valence-electron chi connectivity index (χ3n) is 4.80. The van der Waals surface area contributed by atoms with Gasteiger partial charge in [0.05, 0.1) is 5.69 Å². The van der Waals surface area contributed by atoms with Crippen LogP contribution in [-0.4, -0.2) is 19.3 Å². The van der Waals surface area contributed by atoms with Gasteiger partial charge in [-0.05, 0) is 35.4 Å². The van der Waals surface area contributed by atoms with E-state index in [1.54, 1.807) is 24.3 Å². The second-order valence-corrected chi connectivity index (χ2v) is 8.61. The summed E-state index contributed by atoms with van der Waals surface area (Å²) in [7, 11) is -3.68. The van der Waals surface area contributed by atoms with Crippen LogP contribution in [0.5, 0.6) is 5.75 Å². The Morgan fingerprint density at radius 2 is 1.66 bits per heavy atom. The van der Waals surface area contributed by atoms with E-state index >= 15 is 0 Å². The largest absolute Gasteiger partial charge is 0.490 e. The van der Waals surface area contributed by atoms with Crippen LogP contribution in [-0.2, 0) is 16.6 Å². The minimum atomic E-state index is -3.68. The Balaban J connectivity index is 1.74. The molecular formula is C23H22N2O3S. The van der Waals surface area contributed by atoms with E-state index in [-0.39, 0.29) is 11.4 Å². The predicted octanol–water partition coefficient (Wildman–Crippen LogP) is 4.57. The van der Waals surface area contributed by atoms with Crippen LogP contribution < -0.4 is 10.1 Å². The zero-order valence-electron chi connectivity index (χ0n) is 15.9. The summed E-state index contributed by atoms with van der Waals surface area (Å²) in [6.45, 7) is 4.33. The number of hydrogen-bond acceptors (Lipinski definition) is 4. The highest BCUT2D eigenvalue weighted by Gasteiger charge is 2.38. The highest BCUT2D eigenvalue weighted by atomic mass is 32.2. The number of hydrogen-bond donors (Lipinski definition) is 1. The number of nitrogens with one attached hydrogen (secondary N) is 1. The fraction of sp³-hybridized carbons (Fsp3) is 0.130. The van der Waals surface area contributed by atoms with Gasteiger partial charge in [-0.2, -0.15) is 4.31 Å². The van der Waals surface area contributed by atoms with Gasteiger partial charge in [0.15, 0.2) is 0 Å². The lowest BCUT2D eigenvalue weighted by atomic mass is 10.1. The molecule has 1 aliphatic rings. The molecule has 5 nitrogen and oxygen atoms in total. The third kappa shape index (κ3) is 3.90. The zero-order valence-corrected chi connectivity index (χ0v) is 16.7. The molecule has 6 heteroatoms. The van der Waals surface area contributed by atoms with Gasteiger partial charge in [0.2, 0.25) is 10.0 Å². The van der Waals surface area contributed by atoms with Gasteiger partial charge in [-0.15, -0.1) is 0 Å². The van der Waals surface area contributed by atoms with Crippen LogP contribution in [0.1, 0.15) is 17.3 Å². The number of nitrogens with zero attached hydrogens (tertiary/aromatic N) is 1. The van der Waals surface area contributed by atoms with Gasteiger partial charge in [0, 0.05) is 6.54 Å². The summed E-state index contributed by atoms with van der Waals surface area (Å²) in [5.74, 6) is 0.710. The SMILES string of the molecule is C=CCOc1ccc(C2Nc3ccccc3S(=O)(=O)N2Cc2ccccc2)cc1. The third-order valence-corrected chi connectivity index (χ3v) is 6.67. The Labute approximate surface area is 171 Å². The van der Waals surface area contributed by atoms with Gasteiger partial charge >= 0.3 is 0 Å². The molecule has 0 fully saturated rings. The highest BCUT2D eigenvalue weighted by Crippen LogP contribution is 2.39. The van der Waals surface area contributed by atoms with Crippen molar-refractivity contribution in [3.8, 4) is 5.75 Å². The lowest BCUT2D eigenvalue weighted by molar-refractivity contribution is 0.335. The normalized spacial score (nSPS) is 17.7. The first kappa shape index (κ1) is 19.2. The van der Waals surface area contributed by atoms with Gasteiger partial charge < -0.3 is 10.1 Å². The molecule has 4 rings (SSSR count). The summed E-state index contributed by atoms with van der Waals surface area (Å²) < 4.78 is 34.0. The molecule has 148 valence electrons. The average Bonchev–Trinajstić information content (AvgIpc) is 2.75. The number of para-hydroxylation sites is 1. The van der Waals surface area contributed by atoms with Crippen LogP contribution in [0.15, 0.2) is 96.4 Å². The van der Waals surface area contributed by atoms with E-state index in [0.29, 0.717) is 18.0 Å². The molecule has 1 atom stereocenters. The van der Waals surface area contributed by atoms with Crippen molar-refractivity contribution in [2.24, 2.45) is 0 Å². The summed E-state index contributed by atoms with van der Waals surface area (Å²) in [5, 5.41) is 3.39. The molecule has 3 aromatic carbocycles. The van der Waals surface area contributed by atoms with E-state index in [1.165, 1.54) is 4.31 Å². The molecule has 3 aromatic rings. The second kappa shape index (κ2) is 8.11. The van der Waals surface area contributed by atoms with Crippen LogP contribution in [0.4, 0.5) is 5.69 Å². The monoisotopic (exact) mass is 406 g/mol. The molecule has 0 bridgehead atoms. The molecule has 1 N–H and O–H groups in total. The van der Waals surface area contributed by atoms with E-state index in [2.05, 4.69) is 11.9 Å². The maximum atomic E-state index is 13.5. The number of sulfonamides is 1. The minimum Gasteiger partial charge on any atom is -0.490 e. The second-order valence-electron chi connectivity index (χ2n) is 6.75. The van der Waals surface area contributed by atoms with E-state index in [0.717, 1.165) is 11.1 Å². The van der Waals surface area contributed by atoms with Crippen molar-refractivity contribution in [1.82, 2.24) is 4.31 Å². The molecule has 0 spiro atoms. The topological polar surface area (TPSA) is 58.6 Å². The summed E-state index contributed by atoms with van der Waals surface area (Å²) in [4.78, 5) is 0.290. The summed E-state index contributed by atoms with van der Waals surface area (Å²) >= 11 is 0. The predicted molar refractivity (Wildman–Crippen MR) is 114 cm³/mol. The number of ether oxygens (including phenoxy) is 1. The van der Waals surface area contributed by atoms with Crippen molar-refractivity contribution < 1.29 is 13.2 Å². The number of anilines is 1. The maximum absolute atomic E-state index is 13.5. The van der Waals surface area contributed by atoms with Gasteiger partial charge in [-0.25, -0.2) is 8.42 Å². The zero-order chi connectivity index (χ0) is 20.3. The van der Waals surface area contributed by atoms with Crippen LogP contribution in [0.3, 0.4) is 0 Å². The Kier molecular flexibility index (Phi) is 5.38. The Hall–Kier alpha value is -3.09. The number of fused-ring (bicyclic) bond motifs is 1. The van der Waals surface area contributed by atoms with Crippen molar-refractivity contribution in [2.75, 3.05) is 11.9 Å². The first-order valence-corrected chi connectivity index (χ1v) is 10.8. The van der Waals surface area contributed by atoms with Gasteiger partial charge in [-0.1, -0.05) is 67.3 Å². The molecule has 0 aromatic heterocycles. The summed E-state index contributed by atoms with van der Waals surface area (Å²) in [6, 6.07) is 24.1. The van der Waals surface area contributed by atoms with E-state index in [4.69, 9.17) is 4.74 Å². The fourth-order valence-corrected chi connectivity index (χ4v) is 5.06. The molecule has 29 heavy (non-hydrogen) atoms. The quantitative estimate of drug-likeness (QED) is 0.610. The molecule has 0 radical (unpaired) electrons. The summed E-state index contributed by atoms with van der Waals surface area (Å²) in [6.07, 6.45) is 1.16. The molecule has 0 saturated carbocycles. The number of benzene rings is 3. The minimum absolute atomic E-state index is 0.268.